The van der Waals surface area contributed by atoms with Gasteiger partial charge in [-0.1, -0.05) is 30.3 Å². The van der Waals surface area contributed by atoms with Gasteiger partial charge in [-0.25, -0.2) is 18.6 Å². The van der Waals surface area contributed by atoms with Crippen LogP contribution in [0.25, 0.3) is 11.1 Å². The van der Waals surface area contributed by atoms with Gasteiger partial charge in [-0.3, -0.25) is 0 Å². The fourth-order valence-electron chi connectivity index (χ4n) is 1.17. The molecule has 1 heterocycles. The predicted octanol–water partition coefficient (Wildman–Crippen LogP) is -2.52. The molecule has 0 aliphatic heterocycles. The Kier molecular flexibility index (Phi) is 5.01. The van der Waals surface area contributed by atoms with E-state index in [0.29, 0.717) is 0 Å². The minimum atomic E-state index is -4.94. The van der Waals surface area contributed by atoms with Crippen LogP contribution in [0, 0.1) is 10.2 Å². The van der Waals surface area contributed by atoms with E-state index in [2.05, 4.69) is 46.8 Å². The summed E-state index contributed by atoms with van der Waals surface area (Å²) in [7, 11) is -2.89. The van der Waals surface area contributed by atoms with Gasteiger partial charge in [-0.05, 0) is 5.56 Å². The molecular formula is C10H10ClNO4S. The van der Waals surface area contributed by atoms with Gasteiger partial charge in [0.2, 0.25) is 0 Å². The van der Waals surface area contributed by atoms with Crippen molar-refractivity contribution in [3.05, 3.63) is 41.9 Å². The van der Waals surface area contributed by atoms with E-state index >= 15 is 0 Å². The quantitative estimate of drug-likeness (QED) is 0.537. The molecule has 0 saturated heterocycles. The van der Waals surface area contributed by atoms with Gasteiger partial charge in [-0.15, -0.1) is 14.2 Å². The van der Waals surface area contributed by atoms with Gasteiger partial charge in [0.1, 0.15) is 11.5 Å². The van der Waals surface area contributed by atoms with Crippen molar-refractivity contribution in [1.29, 1.82) is 0 Å². The first-order valence-electron chi connectivity index (χ1n) is 4.48. The van der Waals surface area contributed by atoms with E-state index in [-0.39, 0.29) is 0 Å². The first-order chi connectivity index (χ1) is 7.86. The van der Waals surface area contributed by atoms with E-state index in [4.69, 9.17) is 18.6 Å². The van der Waals surface area contributed by atoms with Crippen LogP contribution in [0.1, 0.15) is 0 Å². The highest BCUT2D eigenvalue weighted by atomic mass is 35.7. The minimum Gasteiger partial charge on any atom is -0.222 e. The molecule has 0 aliphatic rings. The van der Waals surface area contributed by atoms with Gasteiger partial charge >= 0.3 is 0 Å². The molecule has 0 amide bonds. The molecule has 0 spiro atoms. The lowest BCUT2D eigenvalue weighted by atomic mass is 10.1. The van der Waals surface area contributed by atoms with Gasteiger partial charge in [0, 0.05) is 0 Å². The second-order valence-corrected chi connectivity index (χ2v) is 4.88. The zero-order valence-corrected chi connectivity index (χ0v) is 10.5. The van der Waals surface area contributed by atoms with Gasteiger partial charge in [0.05, 0.1) is 10.9 Å². The Labute approximate surface area is 105 Å². The molecule has 0 atom stereocenters. The molecule has 0 radical (unpaired) electrons. The Hall–Kier alpha value is -1.02. The zero-order valence-electron chi connectivity index (χ0n) is 8.91. The molecule has 0 N–H and O–H groups in total. The number of hydrogen-bond acceptors (Lipinski definition) is 5. The van der Waals surface area contributed by atoms with Crippen LogP contribution in [-0.2, 0) is 7.05 Å². The maximum atomic E-state index is 8.49. The van der Waals surface area contributed by atoms with Crippen molar-refractivity contribution in [3.63, 3.8) is 0 Å². The standard InChI is InChI=1S/C10H10NS.ClHO4/c1-11-7-10(8-12-11)9-5-3-2-4-6-9;2-1(3,4)5/h2-8H,1H3;(H,2,3,4,5)/q+1;/p-1. The molecule has 0 aliphatic carbocycles. The number of benzene rings is 1. The molecule has 1 aromatic heterocycles. The Morgan fingerprint density at radius 2 is 1.53 bits per heavy atom. The lowest BCUT2D eigenvalue weighted by molar-refractivity contribution is -2.00. The summed E-state index contributed by atoms with van der Waals surface area (Å²) in [5.74, 6) is 0. The number of halogens is 1. The van der Waals surface area contributed by atoms with Crippen molar-refractivity contribution in [3.8, 4) is 11.1 Å². The van der Waals surface area contributed by atoms with Crippen molar-refractivity contribution in [2.24, 2.45) is 7.05 Å². The van der Waals surface area contributed by atoms with Crippen LogP contribution in [0.3, 0.4) is 0 Å². The van der Waals surface area contributed by atoms with E-state index in [1.807, 2.05) is 6.07 Å². The van der Waals surface area contributed by atoms with Crippen LogP contribution in [0.5, 0.6) is 0 Å². The van der Waals surface area contributed by atoms with Gasteiger partial charge < -0.3 is 0 Å². The smallest absolute Gasteiger partial charge is 0.191 e. The molecule has 0 saturated carbocycles. The summed E-state index contributed by atoms with van der Waals surface area (Å²) in [6, 6.07) is 10.4. The van der Waals surface area contributed by atoms with Crippen LogP contribution in [0.4, 0.5) is 0 Å². The SMILES string of the molecule is C[n+]1cc(-c2ccccc2)cs1.[O-][Cl+3]([O-])([O-])[O-]. The summed E-state index contributed by atoms with van der Waals surface area (Å²) in [4.78, 5) is 0. The average molecular weight is 276 g/mol. The van der Waals surface area contributed by atoms with Crippen molar-refractivity contribution >= 4 is 11.5 Å². The average Bonchev–Trinajstić information content (AvgIpc) is 2.64. The normalized spacial score (nSPS) is 10.6. The summed E-state index contributed by atoms with van der Waals surface area (Å²) < 4.78 is 36.1. The van der Waals surface area contributed by atoms with Crippen molar-refractivity contribution in [2.45, 2.75) is 0 Å². The molecule has 5 nitrogen and oxygen atoms in total. The molecule has 0 fully saturated rings. The number of aromatic nitrogens is 1. The number of aryl methyl sites for hydroxylation is 1. The Bertz CT molecular complexity index is 449. The Morgan fingerprint density at radius 1 is 1.00 bits per heavy atom. The van der Waals surface area contributed by atoms with Gasteiger partial charge in [0.15, 0.2) is 13.2 Å². The van der Waals surface area contributed by atoms with E-state index < -0.39 is 10.2 Å². The van der Waals surface area contributed by atoms with Crippen LogP contribution in [0.2, 0.25) is 0 Å². The lowest BCUT2D eigenvalue weighted by Crippen LogP contribution is -2.68. The summed E-state index contributed by atoms with van der Waals surface area (Å²) in [5, 5.41) is 2.16. The first kappa shape index (κ1) is 14.0. The number of nitrogens with zero attached hydrogens (tertiary/aromatic N) is 1. The van der Waals surface area contributed by atoms with E-state index in [1.54, 1.807) is 11.5 Å². The van der Waals surface area contributed by atoms with Crippen molar-refractivity contribution in [2.75, 3.05) is 0 Å². The second-order valence-electron chi connectivity index (χ2n) is 3.10. The maximum Gasteiger partial charge on any atom is 0.191 e. The van der Waals surface area contributed by atoms with Crippen molar-refractivity contribution < 1.29 is 32.8 Å². The molecule has 92 valence electrons. The molecule has 17 heavy (non-hydrogen) atoms. The molecule has 0 bridgehead atoms. The number of hydrogen-bond donors (Lipinski definition) is 0. The highest BCUT2D eigenvalue weighted by Crippen LogP contribution is 2.17. The molecule has 0 unspecified atom stereocenters. The molecule has 1 aromatic carbocycles. The topological polar surface area (TPSA) is 96.1 Å². The number of rotatable bonds is 1. The van der Waals surface area contributed by atoms with Crippen LogP contribution in [-0.4, -0.2) is 0 Å². The van der Waals surface area contributed by atoms with Crippen molar-refractivity contribution in [1.82, 2.24) is 0 Å². The third-order valence-corrected chi connectivity index (χ3v) is 2.57. The molecule has 2 aromatic rings. The van der Waals surface area contributed by atoms with E-state index in [9.17, 15) is 0 Å². The largest absolute Gasteiger partial charge is 0.222 e. The molecule has 2 rings (SSSR count). The fourth-order valence-corrected chi connectivity index (χ4v) is 1.82. The second kappa shape index (κ2) is 6.06. The third kappa shape index (κ3) is 6.32. The zero-order chi connectivity index (χ0) is 12.9. The van der Waals surface area contributed by atoms with Crippen LogP contribution in [0.15, 0.2) is 41.9 Å². The first-order valence-corrected chi connectivity index (χ1v) is 6.55. The van der Waals surface area contributed by atoms with Gasteiger partial charge in [0.25, 0.3) is 0 Å². The summed E-state index contributed by atoms with van der Waals surface area (Å²) in [6.07, 6.45) is 2.14. The summed E-state index contributed by atoms with van der Waals surface area (Å²) in [6.45, 7) is 0. The van der Waals surface area contributed by atoms with Crippen LogP contribution < -0.4 is 22.6 Å². The predicted molar refractivity (Wildman–Crippen MR) is 50.9 cm³/mol. The van der Waals surface area contributed by atoms with E-state index in [1.165, 1.54) is 11.1 Å². The Morgan fingerprint density at radius 3 is 1.94 bits per heavy atom. The summed E-state index contributed by atoms with van der Waals surface area (Å²) in [5.41, 5.74) is 2.58. The molecule has 7 heteroatoms. The third-order valence-electron chi connectivity index (χ3n) is 1.77. The fraction of sp³-hybridized carbons (Fsp3) is 0.100. The monoisotopic (exact) mass is 275 g/mol. The minimum absolute atomic E-state index is 1.29. The molecular weight excluding hydrogens is 266 g/mol. The maximum absolute atomic E-state index is 8.49. The van der Waals surface area contributed by atoms with Crippen LogP contribution >= 0.6 is 11.5 Å². The van der Waals surface area contributed by atoms with E-state index in [0.717, 1.165) is 0 Å². The lowest BCUT2D eigenvalue weighted by Gasteiger charge is -2.17. The summed E-state index contributed by atoms with van der Waals surface area (Å²) >= 11 is 1.72. The van der Waals surface area contributed by atoms with Gasteiger partial charge in [-0.2, -0.15) is 0 Å². The highest BCUT2D eigenvalue weighted by molar-refractivity contribution is 6.99. The highest BCUT2D eigenvalue weighted by Gasteiger charge is 2.03. The Balaban J connectivity index is 0.000000249.